The number of hydrogen-bond donors (Lipinski definition) is 0. The molecule has 0 aliphatic carbocycles. The second kappa shape index (κ2) is 6.99. The highest BCUT2D eigenvalue weighted by Crippen LogP contribution is 2.45. The Balaban J connectivity index is 1.84. The monoisotopic (exact) mass is 478 g/mol. The van der Waals surface area contributed by atoms with Gasteiger partial charge in [0, 0.05) is 32.6 Å². The van der Waals surface area contributed by atoms with Crippen LogP contribution in [0.1, 0.15) is 5.56 Å². The van der Waals surface area contributed by atoms with Gasteiger partial charge in [0.05, 0.1) is 36.4 Å². The summed E-state index contributed by atoms with van der Waals surface area (Å²) in [6, 6.07) is 36.1. The molecule has 3 heterocycles. The van der Waals surface area contributed by atoms with Crippen LogP contribution in [0.25, 0.3) is 65.6 Å². The summed E-state index contributed by atoms with van der Waals surface area (Å²) in [6.45, 7) is 7.21. The Hall–Kier alpha value is -4.08. The summed E-state index contributed by atoms with van der Waals surface area (Å²) in [6.07, 6.45) is 0. The minimum absolute atomic E-state index is 1.12. The van der Waals surface area contributed by atoms with Gasteiger partial charge in [-0.2, -0.15) is 0 Å². The van der Waals surface area contributed by atoms with Crippen molar-refractivity contribution in [2.24, 2.45) is 0 Å². The lowest BCUT2D eigenvalue weighted by Gasteiger charge is -2.13. The van der Waals surface area contributed by atoms with E-state index >= 15 is 0 Å². The number of rotatable bonds is 2. The van der Waals surface area contributed by atoms with E-state index in [1.54, 1.807) is 5.19 Å². The van der Waals surface area contributed by atoms with E-state index in [-0.39, 0.29) is 0 Å². The first kappa shape index (κ1) is 20.1. The number of benzene rings is 5. The zero-order valence-electron chi connectivity index (χ0n) is 20.7. The molecule has 0 aliphatic heterocycles. The fourth-order valence-electron chi connectivity index (χ4n) is 6.68. The first-order valence-electron chi connectivity index (χ1n) is 12.8. The van der Waals surface area contributed by atoms with E-state index in [9.17, 15) is 0 Å². The van der Waals surface area contributed by atoms with Crippen molar-refractivity contribution in [2.75, 3.05) is 0 Å². The summed E-state index contributed by atoms with van der Waals surface area (Å²) in [5.41, 5.74) is 9.05. The SMILES string of the molecule is Cc1cccc2c1c1c([SiH](C)C)ccc3c1c1c(ccc4c5ccccc5n2c41)n3-c1ccccc1. The van der Waals surface area contributed by atoms with Crippen LogP contribution in [0.4, 0.5) is 0 Å². The van der Waals surface area contributed by atoms with Crippen LogP contribution in [0.3, 0.4) is 0 Å². The predicted octanol–water partition coefficient (Wildman–Crippen LogP) is 7.94. The Labute approximate surface area is 210 Å². The van der Waals surface area contributed by atoms with E-state index in [1.165, 1.54) is 71.2 Å². The van der Waals surface area contributed by atoms with Crippen molar-refractivity contribution in [3.05, 3.63) is 103 Å². The van der Waals surface area contributed by atoms with E-state index in [0.29, 0.717) is 0 Å². The molecule has 0 N–H and O–H groups in total. The molecule has 2 nitrogen and oxygen atoms in total. The van der Waals surface area contributed by atoms with Gasteiger partial charge in [-0.25, -0.2) is 0 Å². The zero-order chi connectivity index (χ0) is 24.1. The number of para-hydroxylation sites is 2. The van der Waals surface area contributed by atoms with Crippen molar-refractivity contribution in [3.8, 4) is 5.69 Å². The minimum atomic E-state index is -1.12. The van der Waals surface area contributed by atoms with Gasteiger partial charge in [-0.3, -0.25) is 0 Å². The van der Waals surface area contributed by atoms with Gasteiger partial charge >= 0.3 is 0 Å². The van der Waals surface area contributed by atoms with E-state index in [1.807, 2.05) is 0 Å². The molecule has 0 saturated carbocycles. The fourth-order valence-corrected chi connectivity index (χ4v) is 8.02. The van der Waals surface area contributed by atoms with Gasteiger partial charge in [0.1, 0.15) is 0 Å². The van der Waals surface area contributed by atoms with Crippen molar-refractivity contribution in [2.45, 2.75) is 20.0 Å². The molecule has 0 radical (unpaired) electrons. The highest BCUT2D eigenvalue weighted by molar-refractivity contribution is 6.74. The van der Waals surface area contributed by atoms with Gasteiger partial charge < -0.3 is 8.97 Å². The van der Waals surface area contributed by atoms with Crippen LogP contribution >= 0.6 is 0 Å². The van der Waals surface area contributed by atoms with Crippen molar-refractivity contribution in [1.82, 2.24) is 8.97 Å². The van der Waals surface area contributed by atoms with Gasteiger partial charge in [0.15, 0.2) is 0 Å². The molecule has 36 heavy (non-hydrogen) atoms. The first-order chi connectivity index (χ1) is 17.6. The molecule has 0 aliphatic rings. The van der Waals surface area contributed by atoms with Crippen LogP contribution in [0.2, 0.25) is 13.1 Å². The third-order valence-corrected chi connectivity index (χ3v) is 9.87. The van der Waals surface area contributed by atoms with Crippen LogP contribution in [0.5, 0.6) is 0 Å². The third kappa shape index (κ3) is 2.36. The summed E-state index contributed by atoms with van der Waals surface area (Å²) in [5.74, 6) is 0. The lowest BCUT2D eigenvalue weighted by molar-refractivity contribution is 1.18. The maximum absolute atomic E-state index is 2.55. The summed E-state index contributed by atoms with van der Waals surface area (Å²) >= 11 is 0. The van der Waals surface area contributed by atoms with Crippen molar-refractivity contribution >= 4 is 73.9 Å². The lowest BCUT2D eigenvalue weighted by Crippen LogP contribution is -2.23. The number of hydrogen-bond acceptors (Lipinski definition) is 0. The molecule has 0 spiro atoms. The van der Waals surface area contributed by atoms with Gasteiger partial charge in [-0.1, -0.05) is 78.9 Å². The third-order valence-electron chi connectivity index (χ3n) is 8.14. The summed E-state index contributed by atoms with van der Waals surface area (Å²) in [5, 5.41) is 9.85. The molecule has 3 heteroatoms. The molecule has 0 atom stereocenters. The highest BCUT2D eigenvalue weighted by atomic mass is 28.3. The molecule has 8 aromatic rings. The van der Waals surface area contributed by atoms with E-state index in [2.05, 4.69) is 126 Å². The molecule has 8 rings (SSSR count). The van der Waals surface area contributed by atoms with Gasteiger partial charge in [0.2, 0.25) is 0 Å². The fraction of sp³-hybridized carbons (Fsp3) is 0.0909. The highest BCUT2D eigenvalue weighted by Gasteiger charge is 2.25. The predicted molar refractivity (Wildman–Crippen MR) is 159 cm³/mol. The molecule has 0 bridgehead atoms. The molecule has 0 saturated heterocycles. The van der Waals surface area contributed by atoms with Gasteiger partial charge in [-0.05, 0) is 54.3 Å². The van der Waals surface area contributed by atoms with Crippen LogP contribution in [0, 0.1) is 6.92 Å². The van der Waals surface area contributed by atoms with Gasteiger partial charge in [0.25, 0.3) is 0 Å². The molecule has 5 aromatic carbocycles. The number of nitrogens with zero attached hydrogens (tertiary/aromatic N) is 2. The normalized spacial score (nSPS) is 12.6. The number of aromatic nitrogens is 2. The quantitative estimate of drug-likeness (QED) is 0.223. The first-order valence-corrected chi connectivity index (χ1v) is 15.7. The van der Waals surface area contributed by atoms with E-state index < -0.39 is 8.80 Å². The Morgan fingerprint density at radius 2 is 1.25 bits per heavy atom. The summed E-state index contributed by atoms with van der Waals surface area (Å²) in [4.78, 5) is 0. The molecule has 3 aromatic heterocycles. The second-order valence-corrected chi connectivity index (χ2v) is 13.4. The van der Waals surface area contributed by atoms with Gasteiger partial charge in [-0.15, -0.1) is 0 Å². The second-order valence-electron chi connectivity index (χ2n) is 10.4. The molecule has 0 amide bonds. The molecular formula is C33H26N2Si. The molecular weight excluding hydrogens is 452 g/mol. The maximum atomic E-state index is 2.55. The average Bonchev–Trinajstić information content (AvgIpc) is 3.36. The standard InChI is InChI=1S/C33H26N2Si/c1-20-10-9-15-25-29(20)32-28(36(2)3)19-18-26-30(32)31-27(34(26)21-11-5-4-6-12-21)17-16-23-22-13-7-8-14-24(22)35(25)33(23)31/h4-19,36H,1-3H3. The van der Waals surface area contributed by atoms with E-state index in [4.69, 9.17) is 0 Å². The van der Waals surface area contributed by atoms with E-state index in [0.717, 1.165) is 0 Å². The molecule has 172 valence electrons. The molecule has 0 unspecified atom stereocenters. The maximum Gasteiger partial charge on any atom is 0.0655 e. The number of fused-ring (bicyclic) bond motifs is 6. The Morgan fingerprint density at radius 1 is 0.528 bits per heavy atom. The average molecular weight is 479 g/mol. The lowest BCUT2D eigenvalue weighted by atomic mass is 10.0. The summed E-state index contributed by atoms with van der Waals surface area (Å²) in [7, 11) is -1.12. The largest absolute Gasteiger partial charge is 0.309 e. The molecule has 0 fully saturated rings. The Bertz CT molecular complexity index is 2130. The van der Waals surface area contributed by atoms with Crippen molar-refractivity contribution in [3.63, 3.8) is 0 Å². The van der Waals surface area contributed by atoms with Crippen molar-refractivity contribution in [1.29, 1.82) is 0 Å². The van der Waals surface area contributed by atoms with Crippen LogP contribution in [-0.4, -0.2) is 17.8 Å². The smallest absolute Gasteiger partial charge is 0.0655 e. The van der Waals surface area contributed by atoms with Crippen LogP contribution in [0.15, 0.2) is 97.1 Å². The minimum Gasteiger partial charge on any atom is -0.309 e. The summed E-state index contributed by atoms with van der Waals surface area (Å²) < 4.78 is 5.03. The van der Waals surface area contributed by atoms with Crippen LogP contribution < -0.4 is 5.19 Å². The van der Waals surface area contributed by atoms with Crippen LogP contribution in [-0.2, 0) is 0 Å². The zero-order valence-corrected chi connectivity index (χ0v) is 21.9. The Morgan fingerprint density at radius 3 is 2.08 bits per heavy atom. The van der Waals surface area contributed by atoms with Crippen molar-refractivity contribution < 1.29 is 0 Å². The topological polar surface area (TPSA) is 9.34 Å². The Kier molecular flexibility index (Phi) is 3.91. The number of aryl methyl sites for hydroxylation is 1.